The molecule has 24 heavy (non-hydrogen) atoms. The van der Waals surface area contributed by atoms with Crippen molar-refractivity contribution in [3.63, 3.8) is 0 Å². The zero-order chi connectivity index (χ0) is 17.3. The Hall–Kier alpha value is -1.66. The zero-order valence-corrected chi connectivity index (χ0v) is 16.1. The maximum atomic E-state index is 12.7. The van der Waals surface area contributed by atoms with Gasteiger partial charge in [0, 0.05) is 30.6 Å². The van der Waals surface area contributed by atoms with Crippen LogP contribution in [-0.4, -0.2) is 30.3 Å². The summed E-state index contributed by atoms with van der Waals surface area (Å²) in [4.78, 5) is 29.5. The third-order valence-corrected chi connectivity index (χ3v) is 5.83. The van der Waals surface area contributed by atoms with E-state index in [1.807, 2.05) is 43.3 Å². The molecule has 3 rings (SSSR count). The van der Waals surface area contributed by atoms with Gasteiger partial charge in [-0.25, -0.2) is 0 Å². The molecule has 1 aliphatic heterocycles. The molecule has 1 atom stereocenters. The Bertz CT molecular complexity index is 757. The molecule has 0 bridgehead atoms. The fourth-order valence-electron chi connectivity index (χ4n) is 2.91. The van der Waals surface area contributed by atoms with Gasteiger partial charge < -0.3 is 9.80 Å². The van der Waals surface area contributed by atoms with Gasteiger partial charge in [0.05, 0.1) is 16.2 Å². The highest BCUT2D eigenvalue weighted by Gasteiger charge is 2.36. The molecule has 0 radical (unpaired) electrons. The number of thiophene rings is 1. The Morgan fingerprint density at radius 2 is 2.00 bits per heavy atom. The van der Waals surface area contributed by atoms with Crippen LogP contribution in [0.15, 0.2) is 40.2 Å². The molecule has 6 heteroatoms. The predicted octanol–water partition coefficient (Wildman–Crippen LogP) is 3.83. The molecular formula is C18H19BrN2O2S. The Labute approximate surface area is 154 Å². The number of aryl methyl sites for hydroxylation is 1. The van der Waals surface area contributed by atoms with E-state index in [0.717, 1.165) is 19.9 Å². The minimum Gasteiger partial charge on any atom is -0.340 e. The van der Waals surface area contributed by atoms with Crippen LogP contribution in [0.3, 0.4) is 0 Å². The first-order valence-electron chi connectivity index (χ1n) is 7.80. The molecule has 4 nitrogen and oxygen atoms in total. The number of hydrogen-bond donors (Lipinski definition) is 0. The topological polar surface area (TPSA) is 40.6 Å². The van der Waals surface area contributed by atoms with Gasteiger partial charge >= 0.3 is 0 Å². The molecule has 2 aromatic rings. The third-order valence-electron chi connectivity index (χ3n) is 4.22. The van der Waals surface area contributed by atoms with Gasteiger partial charge in [-0.3, -0.25) is 9.59 Å². The first-order chi connectivity index (χ1) is 11.4. The fourth-order valence-corrected chi connectivity index (χ4v) is 4.44. The van der Waals surface area contributed by atoms with Crippen molar-refractivity contribution in [2.24, 2.45) is 5.92 Å². The van der Waals surface area contributed by atoms with Gasteiger partial charge in [-0.2, -0.15) is 0 Å². The minimum absolute atomic E-state index is 0.0180. The van der Waals surface area contributed by atoms with E-state index in [0.29, 0.717) is 13.1 Å². The Balaban J connectivity index is 1.66. The molecule has 1 aromatic heterocycles. The number of carbonyl (C=O) groups excluding carboxylic acids is 2. The van der Waals surface area contributed by atoms with Crippen molar-refractivity contribution in [3.05, 3.63) is 50.6 Å². The van der Waals surface area contributed by atoms with Crippen molar-refractivity contribution in [1.29, 1.82) is 0 Å². The maximum Gasteiger partial charge on any atom is 0.228 e. The summed E-state index contributed by atoms with van der Waals surface area (Å²) in [5.41, 5.74) is 2.02. The van der Waals surface area contributed by atoms with E-state index in [9.17, 15) is 9.59 Å². The van der Waals surface area contributed by atoms with E-state index in [-0.39, 0.29) is 24.2 Å². The van der Waals surface area contributed by atoms with Gasteiger partial charge in [-0.1, -0.05) is 17.7 Å². The smallest absolute Gasteiger partial charge is 0.228 e. The second-order valence-electron chi connectivity index (χ2n) is 6.14. The van der Waals surface area contributed by atoms with Crippen LogP contribution in [0, 0.1) is 12.8 Å². The number of benzene rings is 1. The summed E-state index contributed by atoms with van der Waals surface area (Å²) in [5, 5.41) is 0. The van der Waals surface area contributed by atoms with E-state index in [4.69, 9.17) is 0 Å². The van der Waals surface area contributed by atoms with Gasteiger partial charge in [0.25, 0.3) is 0 Å². The van der Waals surface area contributed by atoms with Gasteiger partial charge in [0.1, 0.15) is 0 Å². The summed E-state index contributed by atoms with van der Waals surface area (Å²) < 4.78 is 1.06. The average molecular weight is 407 g/mol. The van der Waals surface area contributed by atoms with Gasteiger partial charge in [0.15, 0.2) is 0 Å². The number of rotatable bonds is 4. The summed E-state index contributed by atoms with van der Waals surface area (Å²) >= 11 is 5.06. The van der Waals surface area contributed by atoms with Crippen LogP contribution in [0.4, 0.5) is 5.69 Å². The molecule has 1 fully saturated rings. The highest BCUT2D eigenvalue weighted by atomic mass is 79.9. The molecule has 1 aromatic carbocycles. The quantitative estimate of drug-likeness (QED) is 0.773. The summed E-state index contributed by atoms with van der Waals surface area (Å²) in [7, 11) is 1.80. The lowest BCUT2D eigenvalue weighted by molar-refractivity contribution is -0.135. The van der Waals surface area contributed by atoms with Crippen LogP contribution in [-0.2, 0) is 16.1 Å². The Morgan fingerprint density at radius 3 is 2.62 bits per heavy atom. The lowest BCUT2D eigenvalue weighted by Crippen LogP contribution is -2.34. The highest BCUT2D eigenvalue weighted by Crippen LogP contribution is 2.28. The van der Waals surface area contributed by atoms with Crippen LogP contribution in [0.2, 0.25) is 0 Å². The number of hydrogen-bond acceptors (Lipinski definition) is 3. The van der Waals surface area contributed by atoms with Crippen molar-refractivity contribution in [2.45, 2.75) is 19.9 Å². The SMILES string of the molecule is Cc1ccc(N2CC(C(=O)N(C)Cc3ccc(Br)s3)CC2=O)cc1. The van der Waals surface area contributed by atoms with Crippen LogP contribution in [0.5, 0.6) is 0 Å². The van der Waals surface area contributed by atoms with Gasteiger partial charge in [0.2, 0.25) is 11.8 Å². The average Bonchev–Trinajstić information content (AvgIpc) is 3.13. The Morgan fingerprint density at radius 1 is 1.29 bits per heavy atom. The first kappa shape index (κ1) is 17.2. The number of anilines is 1. The van der Waals surface area contributed by atoms with Crippen molar-refractivity contribution < 1.29 is 9.59 Å². The number of halogens is 1. The summed E-state index contributed by atoms with van der Waals surface area (Å²) in [6.45, 7) is 3.04. The molecule has 0 N–H and O–H groups in total. The van der Waals surface area contributed by atoms with Crippen molar-refractivity contribution in [2.75, 3.05) is 18.5 Å². The normalized spacial score (nSPS) is 17.4. The van der Waals surface area contributed by atoms with Crippen molar-refractivity contribution >= 4 is 44.8 Å². The molecule has 1 unspecified atom stereocenters. The monoisotopic (exact) mass is 406 g/mol. The Kier molecular flexibility index (Phi) is 5.06. The van der Waals surface area contributed by atoms with Crippen LogP contribution >= 0.6 is 27.3 Å². The van der Waals surface area contributed by atoms with E-state index >= 15 is 0 Å². The summed E-state index contributed by atoms with van der Waals surface area (Å²) in [5.74, 6) is -0.223. The van der Waals surface area contributed by atoms with Crippen LogP contribution in [0.25, 0.3) is 0 Å². The molecule has 1 aliphatic rings. The second kappa shape index (κ2) is 7.07. The zero-order valence-electron chi connectivity index (χ0n) is 13.7. The van der Waals surface area contributed by atoms with Crippen LogP contribution < -0.4 is 4.90 Å². The number of nitrogens with zero attached hydrogens (tertiary/aromatic N) is 2. The van der Waals surface area contributed by atoms with E-state index in [2.05, 4.69) is 15.9 Å². The van der Waals surface area contributed by atoms with E-state index in [1.165, 1.54) is 0 Å². The second-order valence-corrected chi connectivity index (χ2v) is 8.69. The number of carbonyl (C=O) groups is 2. The van der Waals surface area contributed by atoms with Gasteiger partial charge in [-0.15, -0.1) is 11.3 Å². The predicted molar refractivity (Wildman–Crippen MR) is 100 cm³/mol. The minimum atomic E-state index is -0.271. The first-order valence-corrected chi connectivity index (χ1v) is 9.41. The van der Waals surface area contributed by atoms with E-state index in [1.54, 1.807) is 28.2 Å². The summed E-state index contributed by atoms with van der Waals surface area (Å²) in [6.07, 6.45) is 0.283. The largest absolute Gasteiger partial charge is 0.340 e. The lowest BCUT2D eigenvalue weighted by Gasteiger charge is -2.21. The molecule has 2 heterocycles. The number of amides is 2. The van der Waals surface area contributed by atoms with Crippen LogP contribution in [0.1, 0.15) is 16.9 Å². The molecule has 0 saturated carbocycles. The highest BCUT2D eigenvalue weighted by molar-refractivity contribution is 9.11. The van der Waals surface area contributed by atoms with Crippen molar-refractivity contribution in [1.82, 2.24) is 4.90 Å². The molecule has 0 spiro atoms. The molecule has 0 aliphatic carbocycles. The fraction of sp³-hybridized carbons (Fsp3) is 0.333. The maximum absolute atomic E-state index is 12.7. The lowest BCUT2D eigenvalue weighted by atomic mass is 10.1. The van der Waals surface area contributed by atoms with Gasteiger partial charge in [-0.05, 0) is 47.1 Å². The standard InChI is InChI=1S/C18H19BrN2O2S/c1-12-3-5-14(6-4-12)21-10-13(9-17(21)22)18(23)20(2)11-15-7-8-16(19)24-15/h3-8,13H,9-11H2,1-2H3. The third kappa shape index (κ3) is 3.70. The molecular weight excluding hydrogens is 388 g/mol. The van der Waals surface area contributed by atoms with E-state index < -0.39 is 0 Å². The molecule has 126 valence electrons. The summed E-state index contributed by atoms with van der Waals surface area (Å²) in [6, 6.07) is 11.8. The molecule has 1 saturated heterocycles. The van der Waals surface area contributed by atoms with Crippen molar-refractivity contribution in [3.8, 4) is 0 Å². The molecule has 2 amide bonds.